The van der Waals surface area contributed by atoms with Crippen LogP contribution in [0.25, 0.3) is 0 Å². The summed E-state index contributed by atoms with van der Waals surface area (Å²) in [5, 5.41) is 0. The summed E-state index contributed by atoms with van der Waals surface area (Å²) in [5.74, 6) is -8.54. The van der Waals surface area contributed by atoms with E-state index in [-0.39, 0.29) is 6.41 Å². The molecule has 12 heteroatoms. The molecule has 6 nitrogen and oxygen atoms in total. The Morgan fingerprint density at radius 2 is 1.11 bits per heavy atom. The van der Waals surface area contributed by atoms with Gasteiger partial charge in [0.05, 0.1) is 11.1 Å². The number of ether oxygens (including phenoxy) is 2. The van der Waals surface area contributed by atoms with Gasteiger partial charge in [0.1, 0.15) is 11.6 Å². The minimum Gasteiger partial charge on any atom is -0.383 e. The topological polar surface area (TPSA) is 59.1 Å². The van der Waals surface area contributed by atoms with Crippen molar-refractivity contribution < 1.29 is 45.4 Å². The maximum Gasteiger partial charge on any atom is 0.217 e. The van der Waals surface area contributed by atoms with E-state index in [0.29, 0.717) is 24.3 Å². The van der Waals surface area contributed by atoms with Gasteiger partial charge in [-0.3, -0.25) is 14.5 Å². The quantitative estimate of drug-likeness (QED) is 0.171. The molecule has 0 saturated heterocycles. The van der Waals surface area contributed by atoms with Crippen molar-refractivity contribution in [1.82, 2.24) is 9.80 Å². The number of hydrogen-bond donors (Lipinski definition) is 0. The highest BCUT2D eigenvalue weighted by Crippen LogP contribution is 2.15. The molecule has 0 bridgehead atoms. The van der Waals surface area contributed by atoms with Crippen molar-refractivity contribution in [2.45, 2.75) is 13.3 Å². The Kier molecular flexibility index (Phi) is 14.3. The third-order valence-electron chi connectivity index (χ3n) is 4.01. The lowest BCUT2D eigenvalue weighted by atomic mass is 10.1. The molecule has 0 amide bonds. The van der Waals surface area contributed by atoms with Gasteiger partial charge in [0.2, 0.25) is 6.41 Å². The molecule has 0 radical (unpaired) electrons. The summed E-state index contributed by atoms with van der Waals surface area (Å²) in [4.78, 5) is 25.4. The number of ketones is 2. The van der Waals surface area contributed by atoms with E-state index in [1.807, 2.05) is 19.0 Å². The molecule has 0 atom stereocenters. The number of rotatable bonds is 7. The fourth-order valence-electron chi connectivity index (χ4n) is 2.33. The summed E-state index contributed by atoms with van der Waals surface area (Å²) in [6.45, 7) is 1.08. The second-order valence-corrected chi connectivity index (χ2v) is 7.43. The van der Waals surface area contributed by atoms with Crippen LogP contribution in [0.3, 0.4) is 0 Å². The highest BCUT2D eigenvalue weighted by molar-refractivity contribution is 6.04. The first kappa shape index (κ1) is 32.8. The van der Waals surface area contributed by atoms with E-state index >= 15 is 0 Å². The molecule has 0 N–H and O–H groups in total. The Hall–Kier alpha value is -3.22. The van der Waals surface area contributed by atoms with Crippen molar-refractivity contribution >= 4 is 11.6 Å². The first-order chi connectivity index (χ1) is 16.7. The third kappa shape index (κ3) is 11.0. The number of carbonyl (C=O) groups excluding carboxylic acids is 2. The molecule has 0 aliphatic carbocycles. The number of Topliss-reactive ketones (excluding diaryl/α,β-unsaturated/α-hetero) is 1. The minimum absolute atomic E-state index is 0.213. The molecule has 0 heterocycles. The van der Waals surface area contributed by atoms with Gasteiger partial charge in [-0.25, -0.2) is 26.3 Å². The van der Waals surface area contributed by atoms with Crippen LogP contribution in [0.2, 0.25) is 0 Å². The maximum atomic E-state index is 13.1. The van der Waals surface area contributed by atoms with E-state index in [2.05, 4.69) is 0 Å². The van der Waals surface area contributed by atoms with Gasteiger partial charge >= 0.3 is 0 Å². The zero-order valence-electron chi connectivity index (χ0n) is 20.8. The van der Waals surface area contributed by atoms with Crippen LogP contribution in [-0.2, 0) is 9.47 Å². The Labute approximate surface area is 205 Å². The maximum absolute atomic E-state index is 13.1. The van der Waals surface area contributed by atoms with E-state index in [4.69, 9.17) is 9.47 Å². The molecule has 2 rings (SSSR count). The van der Waals surface area contributed by atoms with Gasteiger partial charge in [-0.1, -0.05) is 0 Å². The summed E-state index contributed by atoms with van der Waals surface area (Å²) in [5.41, 5.74) is -0.925. The highest BCUT2D eigenvalue weighted by atomic mass is 19.2. The molecule has 0 aliphatic heterocycles. The van der Waals surface area contributed by atoms with E-state index in [9.17, 15) is 35.9 Å². The monoisotopic (exact) mass is 522 g/mol. The fourth-order valence-corrected chi connectivity index (χ4v) is 2.33. The predicted octanol–water partition coefficient (Wildman–Crippen LogP) is 4.79. The first-order valence-electron chi connectivity index (χ1n) is 10.1. The predicted molar refractivity (Wildman–Crippen MR) is 121 cm³/mol. The van der Waals surface area contributed by atoms with E-state index in [0.717, 1.165) is 13.0 Å². The van der Waals surface area contributed by atoms with Crippen molar-refractivity contribution in [3.05, 3.63) is 82.6 Å². The normalized spacial score (nSPS) is 10.6. The zero-order valence-corrected chi connectivity index (χ0v) is 20.8. The largest absolute Gasteiger partial charge is 0.383 e. The van der Waals surface area contributed by atoms with Gasteiger partial charge in [-0.15, -0.1) is 0 Å². The van der Waals surface area contributed by atoms with Gasteiger partial charge < -0.3 is 14.4 Å². The summed E-state index contributed by atoms with van der Waals surface area (Å²) >= 11 is 0. The number of halogens is 6. The summed E-state index contributed by atoms with van der Waals surface area (Å²) in [6, 6.07) is 1.80. The van der Waals surface area contributed by atoms with Crippen LogP contribution in [0.15, 0.2) is 36.5 Å². The lowest BCUT2D eigenvalue weighted by Crippen LogP contribution is -2.30. The van der Waals surface area contributed by atoms with Crippen LogP contribution in [0.4, 0.5) is 26.3 Å². The van der Waals surface area contributed by atoms with E-state index in [1.165, 1.54) is 6.20 Å². The van der Waals surface area contributed by atoms with Gasteiger partial charge in [-0.05, 0) is 33.2 Å². The zero-order chi connectivity index (χ0) is 28.2. The second kappa shape index (κ2) is 15.7. The smallest absolute Gasteiger partial charge is 0.217 e. The Morgan fingerprint density at radius 3 is 1.44 bits per heavy atom. The molecule has 36 heavy (non-hydrogen) atoms. The molecular weight excluding hydrogens is 494 g/mol. The van der Waals surface area contributed by atoms with Crippen molar-refractivity contribution in [2.24, 2.45) is 0 Å². The first-order valence-corrected chi connectivity index (χ1v) is 10.1. The summed E-state index contributed by atoms with van der Waals surface area (Å²) in [7, 11) is 10.3. The Balaban J connectivity index is 0.000000542. The number of nitrogens with zero attached hydrogens (tertiary/aromatic N) is 2. The van der Waals surface area contributed by atoms with Crippen molar-refractivity contribution in [3.63, 3.8) is 0 Å². The molecule has 2 aromatic carbocycles. The Morgan fingerprint density at radius 1 is 0.722 bits per heavy atom. The van der Waals surface area contributed by atoms with Crippen molar-refractivity contribution in [1.29, 1.82) is 0 Å². The molecule has 0 aromatic heterocycles. The number of allylic oxidation sites excluding steroid dienone is 1. The molecule has 0 saturated carbocycles. The number of hydrogen-bond acceptors (Lipinski definition) is 6. The average molecular weight is 522 g/mol. The molecule has 0 unspecified atom stereocenters. The van der Waals surface area contributed by atoms with Crippen LogP contribution >= 0.6 is 0 Å². The average Bonchev–Trinajstić information content (AvgIpc) is 2.78. The van der Waals surface area contributed by atoms with Crippen LogP contribution in [-0.4, -0.2) is 70.2 Å². The standard InChI is InChI=1S/C11H10F3NO.C8H5F3O.C5H13NO2/c1-15(2)4-3-11(16)7-5-9(13)10(14)6-8(7)12;1-4(12)5-2-7(10)8(11)3-6(5)9;1-6(2)5(7-3)8-4/h3-6H,1-2H3;2-3H,1H3;5H,1-4H3. The minimum atomic E-state index is -1.31. The van der Waals surface area contributed by atoms with Crippen molar-refractivity contribution in [2.75, 3.05) is 42.4 Å². The third-order valence-corrected chi connectivity index (χ3v) is 4.01. The number of benzene rings is 2. The SMILES string of the molecule is CC(=O)c1cc(F)c(F)cc1F.CN(C)C=CC(=O)c1cc(F)c(F)cc1F.COC(OC)N(C)C. The van der Waals surface area contributed by atoms with Crippen LogP contribution in [0.5, 0.6) is 0 Å². The molecule has 200 valence electrons. The molecule has 0 aliphatic rings. The van der Waals surface area contributed by atoms with E-state index in [1.54, 1.807) is 33.2 Å². The fraction of sp³-hybridized carbons (Fsp3) is 0.333. The number of methoxy groups -OCH3 is 2. The molecule has 0 spiro atoms. The second-order valence-electron chi connectivity index (χ2n) is 7.43. The van der Waals surface area contributed by atoms with Crippen molar-refractivity contribution in [3.8, 4) is 0 Å². The molecular formula is C24H28F6N2O4. The summed E-state index contributed by atoms with van der Waals surface area (Å²) < 4.78 is 85.6. The van der Waals surface area contributed by atoms with Crippen LogP contribution < -0.4 is 0 Å². The molecule has 0 fully saturated rings. The van der Waals surface area contributed by atoms with Gasteiger partial charge in [0.15, 0.2) is 34.8 Å². The summed E-state index contributed by atoms with van der Waals surface area (Å²) in [6.07, 6.45) is 2.26. The van der Waals surface area contributed by atoms with Crippen LogP contribution in [0, 0.1) is 34.9 Å². The highest BCUT2D eigenvalue weighted by Gasteiger charge is 2.14. The van der Waals surface area contributed by atoms with E-state index < -0.39 is 57.6 Å². The molecule has 2 aromatic rings. The Bertz CT molecular complexity index is 1060. The van der Waals surface area contributed by atoms with Gasteiger partial charge in [-0.2, -0.15) is 0 Å². The lowest BCUT2D eigenvalue weighted by molar-refractivity contribution is -0.179. The lowest BCUT2D eigenvalue weighted by Gasteiger charge is -2.19. The number of carbonyl (C=O) groups is 2. The van der Waals surface area contributed by atoms with Gasteiger partial charge in [0.25, 0.3) is 0 Å². The van der Waals surface area contributed by atoms with Crippen LogP contribution in [0.1, 0.15) is 27.6 Å². The van der Waals surface area contributed by atoms with Gasteiger partial charge in [0, 0.05) is 52.7 Å².